The van der Waals surface area contributed by atoms with Gasteiger partial charge in [-0.25, -0.2) is 9.59 Å². The number of allylic oxidation sites excluding steroid dienone is 1. The first-order chi connectivity index (χ1) is 16.8. The molecule has 4 rings (SSSR count). The molecule has 0 saturated carbocycles. The lowest BCUT2D eigenvalue weighted by atomic mass is 9.67. The Morgan fingerprint density at radius 1 is 1.06 bits per heavy atom. The van der Waals surface area contributed by atoms with Crippen LogP contribution in [0, 0.1) is 0 Å². The fourth-order valence-corrected chi connectivity index (χ4v) is 5.02. The lowest BCUT2D eigenvalue weighted by Crippen LogP contribution is -2.50. The van der Waals surface area contributed by atoms with Crippen molar-refractivity contribution < 1.29 is 28.6 Å². The van der Waals surface area contributed by atoms with Crippen LogP contribution in [-0.2, 0) is 40.6 Å². The number of halogens is 1. The zero-order valence-electron chi connectivity index (χ0n) is 19.6. The van der Waals surface area contributed by atoms with Crippen LogP contribution in [0.5, 0.6) is 0 Å². The molecule has 0 aromatic heterocycles. The summed E-state index contributed by atoms with van der Waals surface area (Å²) >= 11 is 3.46. The second-order valence-corrected chi connectivity index (χ2v) is 8.93. The molecule has 2 aliphatic rings. The van der Waals surface area contributed by atoms with Gasteiger partial charge >= 0.3 is 11.9 Å². The average molecular weight is 541 g/mol. The van der Waals surface area contributed by atoms with E-state index >= 15 is 0 Å². The van der Waals surface area contributed by atoms with Crippen LogP contribution in [0.2, 0.25) is 0 Å². The van der Waals surface area contributed by atoms with Crippen molar-refractivity contribution >= 4 is 39.5 Å². The number of hydrogen-bond acceptors (Lipinski definition) is 7. The summed E-state index contributed by atoms with van der Waals surface area (Å²) in [6.45, 7) is 5.28. The number of benzene rings is 2. The number of esters is 2. The summed E-state index contributed by atoms with van der Waals surface area (Å²) in [6, 6.07) is 14.4. The van der Waals surface area contributed by atoms with Crippen LogP contribution in [0.25, 0.3) is 0 Å². The number of nitrogens with zero attached hydrogens (tertiary/aromatic N) is 1. The van der Waals surface area contributed by atoms with Gasteiger partial charge < -0.3 is 24.8 Å². The number of amides is 1. The van der Waals surface area contributed by atoms with Crippen molar-refractivity contribution in [3.8, 4) is 0 Å². The molecule has 1 atom stereocenters. The Hall–Kier alpha value is -3.59. The molecule has 9 heteroatoms. The van der Waals surface area contributed by atoms with Gasteiger partial charge in [0.05, 0.1) is 6.61 Å². The molecule has 2 aliphatic heterocycles. The van der Waals surface area contributed by atoms with Gasteiger partial charge in [0.2, 0.25) is 11.8 Å². The molecule has 0 bridgehead atoms. The highest BCUT2D eigenvalue weighted by Gasteiger charge is 2.63. The van der Waals surface area contributed by atoms with Gasteiger partial charge in [0.25, 0.3) is 0 Å². The van der Waals surface area contributed by atoms with Crippen LogP contribution in [0.1, 0.15) is 31.9 Å². The van der Waals surface area contributed by atoms with Crippen LogP contribution in [-0.4, -0.2) is 31.0 Å². The predicted molar refractivity (Wildman–Crippen MR) is 132 cm³/mol. The quantitative estimate of drug-likeness (QED) is 0.554. The van der Waals surface area contributed by atoms with E-state index in [4.69, 9.17) is 19.9 Å². The Balaban J connectivity index is 1.95. The molecule has 0 saturated heterocycles. The maximum atomic E-state index is 14.2. The van der Waals surface area contributed by atoms with Crippen molar-refractivity contribution in [2.45, 2.75) is 32.8 Å². The third-order valence-corrected chi connectivity index (χ3v) is 6.54. The summed E-state index contributed by atoms with van der Waals surface area (Å²) in [4.78, 5) is 42.6. The van der Waals surface area contributed by atoms with E-state index in [2.05, 4.69) is 15.9 Å². The van der Waals surface area contributed by atoms with Crippen molar-refractivity contribution in [3.05, 3.63) is 86.9 Å². The van der Waals surface area contributed by atoms with Crippen molar-refractivity contribution in [1.82, 2.24) is 0 Å². The van der Waals surface area contributed by atoms with Crippen LogP contribution >= 0.6 is 15.9 Å². The first kappa shape index (κ1) is 24.5. The summed E-state index contributed by atoms with van der Waals surface area (Å²) in [5.41, 5.74) is 5.72. The van der Waals surface area contributed by atoms with Gasteiger partial charge in [-0.05, 0) is 44.5 Å². The highest BCUT2D eigenvalue weighted by atomic mass is 79.9. The normalized spacial score (nSPS) is 19.1. The molecule has 2 aromatic rings. The highest BCUT2D eigenvalue weighted by Crippen LogP contribution is 2.55. The molecule has 0 aliphatic carbocycles. The first-order valence-electron chi connectivity index (χ1n) is 11.2. The van der Waals surface area contributed by atoms with E-state index in [1.807, 2.05) is 37.3 Å². The predicted octanol–water partition coefficient (Wildman–Crippen LogP) is 3.83. The van der Waals surface area contributed by atoms with Crippen LogP contribution in [0.3, 0.4) is 0 Å². The third-order valence-electron chi connectivity index (χ3n) is 6.04. The number of anilines is 1. The van der Waals surface area contributed by atoms with Gasteiger partial charge in [-0.2, -0.15) is 0 Å². The molecule has 182 valence electrons. The number of fused-ring (bicyclic) bond motifs is 2. The summed E-state index contributed by atoms with van der Waals surface area (Å²) < 4.78 is 17.2. The number of ether oxygens (including phenoxy) is 3. The van der Waals surface area contributed by atoms with Crippen LogP contribution in [0.15, 0.2) is 75.8 Å². The van der Waals surface area contributed by atoms with Gasteiger partial charge in [-0.3, -0.25) is 4.79 Å². The molecule has 1 amide bonds. The molecule has 2 heterocycles. The topological polar surface area (TPSA) is 108 Å². The van der Waals surface area contributed by atoms with Crippen molar-refractivity contribution in [2.24, 2.45) is 5.73 Å². The number of nitrogens with two attached hydrogens (primary N) is 1. The molecule has 2 aromatic carbocycles. The van der Waals surface area contributed by atoms with Crippen LogP contribution in [0.4, 0.5) is 5.69 Å². The zero-order valence-corrected chi connectivity index (χ0v) is 21.2. The minimum atomic E-state index is -1.89. The lowest BCUT2D eigenvalue weighted by Gasteiger charge is -2.36. The van der Waals surface area contributed by atoms with E-state index in [0.717, 1.165) is 5.56 Å². The van der Waals surface area contributed by atoms with Gasteiger partial charge in [0.1, 0.15) is 28.9 Å². The molecular formula is C26H25BrN2O6. The number of hydrogen-bond donors (Lipinski definition) is 1. The molecular weight excluding hydrogens is 516 g/mol. The summed E-state index contributed by atoms with van der Waals surface area (Å²) in [5, 5.41) is 0. The highest BCUT2D eigenvalue weighted by molar-refractivity contribution is 9.10. The second kappa shape index (κ2) is 9.58. The summed E-state index contributed by atoms with van der Waals surface area (Å²) in [7, 11) is 0. The maximum Gasteiger partial charge on any atom is 0.341 e. The molecule has 2 N–H and O–H groups in total. The fraction of sp³-hybridized carbons (Fsp3) is 0.269. The Morgan fingerprint density at radius 3 is 2.40 bits per heavy atom. The molecule has 1 spiro atoms. The Morgan fingerprint density at radius 2 is 1.74 bits per heavy atom. The van der Waals surface area contributed by atoms with E-state index < -0.39 is 23.3 Å². The van der Waals surface area contributed by atoms with Gasteiger partial charge in [0.15, 0.2) is 0 Å². The van der Waals surface area contributed by atoms with Crippen molar-refractivity contribution in [3.63, 3.8) is 0 Å². The zero-order chi connectivity index (χ0) is 25.3. The third kappa shape index (κ3) is 3.89. The Labute approximate surface area is 211 Å². The second-order valence-electron chi connectivity index (χ2n) is 8.02. The number of likely N-dealkylation sites (N-methyl/N-ethyl adjacent to an activating group) is 1. The minimum absolute atomic E-state index is 0.0303. The van der Waals surface area contributed by atoms with E-state index in [0.29, 0.717) is 22.3 Å². The smallest absolute Gasteiger partial charge is 0.341 e. The SMILES string of the molecule is CCOC(=O)C1=C(N)OC(C)=C(C(=O)OCc2ccccc2)C12C(=O)N(CC)c1ccc(Br)cc12. The average Bonchev–Trinajstić information content (AvgIpc) is 3.05. The largest absolute Gasteiger partial charge is 0.462 e. The van der Waals surface area contributed by atoms with E-state index in [1.165, 1.54) is 11.8 Å². The standard InChI is InChI=1S/C26H25BrN2O6/c1-4-29-19-12-11-17(27)13-18(19)26(25(29)32)20(23(30)34-14-16-9-7-6-8-10-16)15(3)35-22(28)21(26)24(31)33-5-2/h6-13H,4-5,14,28H2,1-3H3. The Kier molecular flexibility index (Phi) is 6.71. The van der Waals surface area contributed by atoms with E-state index in [9.17, 15) is 14.4 Å². The maximum absolute atomic E-state index is 14.2. The number of rotatable bonds is 6. The molecule has 35 heavy (non-hydrogen) atoms. The molecule has 1 unspecified atom stereocenters. The Bertz CT molecular complexity index is 1270. The molecule has 8 nitrogen and oxygen atoms in total. The lowest BCUT2D eigenvalue weighted by molar-refractivity contribution is -0.144. The first-order valence-corrected chi connectivity index (χ1v) is 12.0. The monoisotopic (exact) mass is 540 g/mol. The van der Waals surface area contributed by atoms with Crippen LogP contribution < -0.4 is 10.6 Å². The van der Waals surface area contributed by atoms with Crippen molar-refractivity contribution in [2.75, 3.05) is 18.1 Å². The molecule has 0 radical (unpaired) electrons. The number of carbonyl (C=O) groups excluding carboxylic acids is 3. The number of carbonyl (C=O) groups is 3. The summed E-state index contributed by atoms with van der Waals surface area (Å²) in [6.07, 6.45) is 0. The summed E-state index contributed by atoms with van der Waals surface area (Å²) in [5.74, 6) is -2.36. The van der Waals surface area contributed by atoms with Crippen molar-refractivity contribution in [1.29, 1.82) is 0 Å². The van der Waals surface area contributed by atoms with E-state index in [-0.39, 0.29) is 36.0 Å². The molecule has 0 fully saturated rings. The van der Waals surface area contributed by atoms with Gasteiger partial charge in [-0.1, -0.05) is 46.3 Å². The van der Waals surface area contributed by atoms with E-state index in [1.54, 1.807) is 25.1 Å². The van der Waals surface area contributed by atoms with Gasteiger partial charge in [0, 0.05) is 22.3 Å². The fourth-order valence-electron chi connectivity index (χ4n) is 4.66. The minimum Gasteiger partial charge on any atom is -0.462 e. The van der Waals surface area contributed by atoms with Gasteiger partial charge in [-0.15, -0.1) is 0 Å².